The number of anilines is 1. The molecule has 0 saturated carbocycles. The summed E-state index contributed by atoms with van der Waals surface area (Å²) < 4.78 is 45.6. The van der Waals surface area contributed by atoms with Gasteiger partial charge in [0.25, 0.3) is 0 Å². The predicted molar refractivity (Wildman–Crippen MR) is 147 cm³/mol. The van der Waals surface area contributed by atoms with Crippen LogP contribution in [0.3, 0.4) is 0 Å². The Hall–Kier alpha value is -2.88. The molecule has 1 aliphatic rings. The molecule has 1 atom stereocenters. The molecule has 9 heteroatoms. The number of halogens is 3. The number of likely N-dealkylation sites (tertiary alicyclic amines) is 1. The van der Waals surface area contributed by atoms with Gasteiger partial charge in [0, 0.05) is 31.7 Å². The van der Waals surface area contributed by atoms with Crippen molar-refractivity contribution in [3.05, 3.63) is 65.1 Å². The van der Waals surface area contributed by atoms with E-state index < -0.39 is 23.6 Å². The number of nitrogens with zero attached hydrogens (tertiary/aromatic N) is 3. The van der Waals surface area contributed by atoms with Crippen molar-refractivity contribution in [3.63, 3.8) is 0 Å². The maximum absolute atomic E-state index is 13.5. The summed E-state index contributed by atoms with van der Waals surface area (Å²) in [6.07, 6.45) is 4.96. The fourth-order valence-corrected chi connectivity index (χ4v) is 5.60. The topological polar surface area (TPSA) is 69.1 Å². The van der Waals surface area contributed by atoms with Crippen LogP contribution in [0, 0.1) is 22.9 Å². The summed E-state index contributed by atoms with van der Waals surface area (Å²) in [6, 6.07) is 7.76. The van der Waals surface area contributed by atoms with Gasteiger partial charge >= 0.3 is 0 Å². The lowest BCUT2D eigenvalue weighted by atomic mass is 9.74. The second-order valence-electron chi connectivity index (χ2n) is 10.9. The molecule has 1 saturated heterocycles. The molecule has 0 bridgehead atoms. The molecule has 3 aromatic rings. The first-order chi connectivity index (χ1) is 18.7. The highest BCUT2D eigenvalue weighted by Gasteiger charge is 2.35. The maximum atomic E-state index is 13.5. The molecule has 4 rings (SSSR count). The average Bonchev–Trinajstić information content (AvgIpc) is 2.94. The van der Waals surface area contributed by atoms with Crippen molar-refractivity contribution in [2.24, 2.45) is 5.41 Å². The molecule has 0 aliphatic carbocycles. The van der Waals surface area contributed by atoms with E-state index in [1.165, 1.54) is 0 Å². The highest BCUT2D eigenvalue weighted by Crippen LogP contribution is 2.41. The summed E-state index contributed by atoms with van der Waals surface area (Å²) in [5, 5.41) is 22.6. The van der Waals surface area contributed by atoms with Gasteiger partial charge in [-0.1, -0.05) is 0 Å². The van der Waals surface area contributed by atoms with Crippen molar-refractivity contribution < 1.29 is 28.1 Å². The van der Waals surface area contributed by atoms with Crippen LogP contribution in [0.15, 0.2) is 36.5 Å². The molecule has 2 aromatic carbocycles. The first-order valence-corrected chi connectivity index (χ1v) is 13.4. The Morgan fingerprint density at radius 1 is 1.10 bits per heavy atom. The van der Waals surface area contributed by atoms with Crippen molar-refractivity contribution in [3.8, 4) is 5.75 Å². The van der Waals surface area contributed by atoms with Gasteiger partial charge in [-0.15, -0.1) is 0 Å². The van der Waals surface area contributed by atoms with Crippen LogP contribution in [-0.4, -0.2) is 67.5 Å². The summed E-state index contributed by atoms with van der Waals surface area (Å²) in [4.78, 5) is 8.79. The van der Waals surface area contributed by atoms with Crippen molar-refractivity contribution >= 4 is 16.6 Å². The molecule has 2 heterocycles. The zero-order chi connectivity index (χ0) is 28.2. The monoisotopic (exact) mass is 545 g/mol. The molecular formula is C30H38F3N3O3. The quantitative estimate of drug-likeness (QED) is 0.321. The Bertz CT molecular complexity index is 1260. The van der Waals surface area contributed by atoms with E-state index in [1.54, 1.807) is 13.3 Å². The largest absolute Gasteiger partial charge is 0.497 e. The lowest BCUT2D eigenvalue weighted by Gasteiger charge is -2.41. The predicted octanol–water partition coefficient (Wildman–Crippen LogP) is 5.25. The smallest absolute Gasteiger partial charge is 0.194 e. The molecule has 0 spiro atoms. The molecule has 0 amide bonds. The second kappa shape index (κ2) is 12.5. The number of pyridine rings is 1. The maximum Gasteiger partial charge on any atom is 0.194 e. The summed E-state index contributed by atoms with van der Waals surface area (Å²) in [6.45, 7) is 2.39. The van der Waals surface area contributed by atoms with E-state index in [-0.39, 0.29) is 12.0 Å². The molecule has 0 radical (unpaired) electrons. The van der Waals surface area contributed by atoms with E-state index in [0.717, 1.165) is 66.8 Å². The third-order valence-corrected chi connectivity index (χ3v) is 8.09. The van der Waals surface area contributed by atoms with Gasteiger partial charge in [0.2, 0.25) is 0 Å². The second-order valence-corrected chi connectivity index (χ2v) is 10.9. The number of benzene rings is 2. The molecule has 0 unspecified atom stereocenters. The fraction of sp³-hybridized carbons (Fsp3) is 0.500. The van der Waals surface area contributed by atoms with E-state index >= 15 is 0 Å². The minimum Gasteiger partial charge on any atom is -0.497 e. The highest BCUT2D eigenvalue weighted by molar-refractivity contribution is 5.88. The molecule has 212 valence electrons. The number of hydrogen-bond acceptors (Lipinski definition) is 6. The Balaban J connectivity index is 1.37. The lowest BCUT2D eigenvalue weighted by molar-refractivity contribution is 0.0235. The van der Waals surface area contributed by atoms with Gasteiger partial charge in [-0.25, -0.2) is 13.2 Å². The van der Waals surface area contributed by atoms with Gasteiger partial charge in [0.1, 0.15) is 5.75 Å². The normalized spacial score (nSPS) is 16.4. The average molecular weight is 546 g/mol. The number of hydrogen-bond donors (Lipinski definition) is 2. The van der Waals surface area contributed by atoms with Crippen LogP contribution in [0.2, 0.25) is 0 Å². The van der Waals surface area contributed by atoms with E-state index in [1.807, 2.05) is 37.2 Å². The SMILES string of the molecule is COc1ccc2ncc(N(C)C)c([C@@H](O)CCC3(CO)CCN(CCCc4cc(F)c(F)c(F)c4)CC3)c2c1. The van der Waals surface area contributed by atoms with Gasteiger partial charge in [-0.2, -0.15) is 0 Å². The third-order valence-electron chi connectivity index (χ3n) is 8.09. The van der Waals surface area contributed by atoms with Gasteiger partial charge in [0.15, 0.2) is 17.5 Å². The minimum absolute atomic E-state index is 0.0488. The van der Waals surface area contributed by atoms with Crippen LogP contribution in [0.1, 0.15) is 49.3 Å². The molecule has 2 N–H and O–H groups in total. The summed E-state index contributed by atoms with van der Waals surface area (Å²) >= 11 is 0. The van der Waals surface area contributed by atoms with Crippen LogP contribution in [0.25, 0.3) is 10.9 Å². The number of fused-ring (bicyclic) bond motifs is 1. The molecule has 1 aromatic heterocycles. The Morgan fingerprint density at radius 2 is 1.79 bits per heavy atom. The van der Waals surface area contributed by atoms with E-state index in [4.69, 9.17) is 4.74 Å². The Morgan fingerprint density at radius 3 is 2.41 bits per heavy atom. The van der Waals surface area contributed by atoms with Crippen molar-refractivity contribution in [1.82, 2.24) is 9.88 Å². The van der Waals surface area contributed by atoms with Crippen LogP contribution < -0.4 is 9.64 Å². The number of methoxy groups -OCH3 is 1. The Kier molecular flexibility index (Phi) is 9.35. The van der Waals surface area contributed by atoms with Gasteiger partial charge < -0.3 is 24.7 Å². The first kappa shape index (κ1) is 29.1. The third kappa shape index (κ3) is 6.65. The van der Waals surface area contributed by atoms with E-state index in [2.05, 4.69) is 9.88 Å². The number of ether oxygens (including phenoxy) is 1. The number of rotatable bonds is 11. The summed E-state index contributed by atoms with van der Waals surface area (Å²) in [5.41, 5.74) is 2.60. The number of aromatic nitrogens is 1. The van der Waals surface area contributed by atoms with Crippen LogP contribution >= 0.6 is 0 Å². The molecule has 6 nitrogen and oxygen atoms in total. The number of piperidine rings is 1. The van der Waals surface area contributed by atoms with Crippen LogP contribution in [0.5, 0.6) is 5.75 Å². The van der Waals surface area contributed by atoms with Crippen molar-refractivity contribution in [2.75, 3.05) is 52.3 Å². The van der Waals surface area contributed by atoms with Gasteiger partial charge in [-0.05, 0) is 99.5 Å². The van der Waals surface area contributed by atoms with E-state index in [9.17, 15) is 23.4 Å². The van der Waals surface area contributed by atoms with Gasteiger partial charge in [-0.3, -0.25) is 4.98 Å². The minimum atomic E-state index is -1.44. The highest BCUT2D eigenvalue weighted by atomic mass is 19.2. The molecule has 1 aliphatic heterocycles. The number of aliphatic hydroxyl groups is 2. The number of aryl methyl sites for hydroxylation is 1. The zero-order valence-electron chi connectivity index (χ0n) is 22.9. The van der Waals surface area contributed by atoms with E-state index in [0.29, 0.717) is 37.0 Å². The van der Waals surface area contributed by atoms with Crippen molar-refractivity contribution in [2.45, 2.75) is 44.6 Å². The molecule has 39 heavy (non-hydrogen) atoms. The standard InChI is InChI=1S/C30H38F3N3O3/c1-35(2)26-18-34-25-7-6-21(39-3)17-22(25)28(26)27(38)8-9-30(19-37)10-13-36(14-11-30)12-4-5-20-15-23(31)29(33)24(32)16-20/h6-7,15-18,27,37-38H,4-5,8-14,19H2,1-3H3/t27-/m0/s1. The molecule has 1 fully saturated rings. The van der Waals surface area contributed by atoms with Crippen molar-refractivity contribution in [1.29, 1.82) is 0 Å². The molecular weight excluding hydrogens is 507 g/mol. The Labute approximate surface area is 228 Å². The fourth-order valence-electron chi connectivity index (χ4n) is 5.60. The number of aliphatic hydroxyl groups excluding tert-OH is 2. The van der Waals surface area contributed by atoms with Crippen LogP contribution in [0.4, 0.5) is 18.9 Å². The first-order valence-electron chi connectivity index (χ1n) is 13.4. The van der Waals surface area contributed by atoms with Gasteiger partial charge in [0.05, 0.1) is 30.6 Å². The van der Waals surface area contributed by atoms with Crippen LogP contribution in [-0.2, 0) is 6.42 Å². The lowest BCUT2D eigenvalue weighted by Crippen LogP contribution is -2.42. The zero-order valence-corrected chi connectivity index (χ0v) is 22.9. The summed E-state index contributed by atoms with van der Waals surface area (Å²) in [7, 11) is 5.46. The summed E-state index contributed by atoms with van der Waals surface area (Å²) in [5.74, 6) is -3.05.